The van der Waals surface area contributed by atoms with Crippen molar-refractivity contribution < 1.29 is 15.0 Å². The van der Waals surface area contributed by atoms with Crippen LogP contribution in [0.15, 0.2) is 14.5 Å². The normalized spacial score (nSPS) is 13.8. The molecule has 1 aromatic rings. The third-order valence-corrected chi connectivity index (χ3v) is 5.55. The zero-order valence-electron chi connectivity index (χ0n) is 9.09. The van der Waals surface area contributed by atoms with Crippen molar-refractivity contribution in [1.29, 1.82) is 0 Å². The number of hydrogen-bond donors (Lipinski definition) is 3. The molecule has 0 spiro atoms. The van der Waals surface area contributed by atoms with E-state index < -0.39 is 33.4 Å². The molecule has 6 nitrogen and oxygen atoms in total. The minimum atomic E-state index is -1.16. The molecule has 1 rings (SSSR count). The van der Waals surface area contributed by atoms with Gasteiger partial charge in [0.25, 0.3) is 5.43 Å². The number of rotatable bonds is 5. The minimum absolute atomic E-state index is 0.0503. The van der Waals surface area contributed by atoms with Gasteiger partial charge in [-0.1, -0.05) is 10.8 Å². The highest BCUT2D eigenvalue weighted by Gasteiger charge is 2.34. The molecular weight excluding hydrogens is 266 g/mol. The van der Waals surface area contributed by atoms with Gasteiger partial charge in [-0.2, -0.15) is 0 Å². The summed E-state index contributed by atoms with van der Waals surface area (Å²) in [5.74, 6) is -1.72. The summed E-state index contributed by atoms with van der Waals surface area (Å²) in [5, 5.41) is 17.9. The molecule has 1 aromatic carbocycles. The summed E-state index contributed by atoms with van der Waals surface area (Å²) in [6, 6.07) is -1.12. The van der Waals surface area contributed by atoms with Gasteiger partial charge < -0.3 is 15.9 Å². The molecule has 0 aliphatic heterocycles. The van der Waals surface area contributed by atoms with Crippen LogP contribution >= 0.6 is 21.6 Å². The number of aliphatic carboxylic acids is 1. The van der Waals surface area contributed by atoms with Gasteiger partial charge in [0.15, 0.2) is 5.75 Å². The smallest absolute Gasteiger partial charge is 0.321 e. The lowest BCUT2D eigenvalue weighted by molar-refractivity contribution is -0.139. The highest BCUT2D eigenvalue weighted by atomic mass is 33.1. The lowest BCUT2D eigenvalue weighted by Crippen LogP contribution is -2.46. The molecule has 8 heteroatoms. The summed E-state index contributed by atoms with van der Waals surface area (Å²) in [7, 11) is 1.90. The Balaban J connectivity index is 2.72. The Morgan fingerprint density at radius 1 is 1.35 bits per heavy atom. The van der Waals surface area contributed by atoms with Crippen LogP contribution < -0.4 is 16.6 Å². The molecule has 0 aromatic heterocycles. The predicted octanol–water partition coefficient (Wildman–Crippen LogP) is -0.0810. The van der Waals surface area contributed by atoms with Crippen LogP contribution in [0.25, 0.3) is 0 Å². The van der Waals surface area contributed by atoms with E-state index in [-0.39, 0.29) is 4.90 Å². The number of carboxylic acid groups (broad SMARTS) is 1. The first kappa shape index (κ1) is 14.1. The third kappa shape index (κ3) is 2.64. The minimum Gasteiger partial charge on any atom is -0.503 e. The fourth-order valence-electron chi connectivity index (χ4n) is 0.934. The van der Waals surface area contributed by atoms with Crippen molar-refractivity contribution in [3.63, 3.8) is 0 Å². The summed E-state index contributed by atoms with van der Waals surface area (Å²) >= 11 is 0. The topological polar surface area (TPSA) is 118 Å². The average Bonchev–Trinajstić information content (AvgIpc) is 2.27. The lowest BCUT2D eigenvalue weighted by Gasteiger charge is -2.27. The molecule has 0 saturated heterocycles. The first-order valence-electron chi connectivity index (χ1n) is 4.55. The van der Waals surface area contributed by atoms with E-state index in [1.54, 1.807) is 13.8 Å². The maximum Gasteiger partial charge on any atom is 0.321 e. The van der Waals surface area contributed by atoms with Crippen LogP contribution in [-0.2, 0) is 4.79 Å². The predicted molar refractivity (Wildman–Crippen MR) is 66.2 cm³/mol. The molecule has 4 N–H and O–H groups in total. The number of carbonyl (C=O) groups is 1. The second-order valence-corrected chi connectivity index (χ2v) is 6.72. The zero-order chi connectivity index (χ0) is 13.4. The van der Waals surface area contributed by atoms with Crippen molar-refractivity contribution in [3.05, 3.63) is 20.4 Å². The van der Waals surface area contributed by atoms with Crippen LogP contribution in [0.4, 0.5) is 0 Å². The van der Waals surface area contributed by atoms with Gasteiger partial charge in [0.2, 0.25) is 5.43 Å². The molecule has 17 heavy (non-hydrogen) atoms. The molecule has 0 aliphatic carbocycles. The molecule has 0 aliphatic rings. The number of carboxylic acids is 1. The van der Waals surface area contributed by atoms with Crippen LogP contribution in [0.1, 0.15) is 13.8 Å². The molecule has 94 valence electrons. The molecule has 1 atom stereocenters. The SMILES string of the molecule is CC(C)(SSc1c(O)c(=O)c1=O)[C@@H](N)C(=O)O. The van der Waals surface area contributed by atoms with E-state index in [0.717, 1.165) is 21.6 Å². The van der Waals surface area contributed by atoms with E-state index in [2.05, 4.69) is 0 Å². The van der Waals surface area contributed by atoms with E-state index in [4.69, 9.17) is 15.9 Å². The molecular formula is C9H11NO5S2. The van der Waals surface area contributed by atoms with Crippen molar-refractivity contribution >= 4 is 27.6 Å². The second kappa shape index (κ2) is 4.71. The van der Waals surface area contributed by atoms with Crippen molar-refractivity contribution in [3.8, 4) is 5.75 Å². The van der Waals surface area contributed by atoms with Gasteiger partial charge in [0.1, 0.15) is 10.9 Å². The number of nitrogens with two attached hydrogens (primary N) is 1. The Morgan fingerprint density at radius 3 is 2.29 bits per heavy atom. The van der Waals surface area contributed by atoms with Gasteiger partial charge in [-0.15, -0.1) is 0 Å². The summed E-state index contributed by atoms with van der Waals surface area (Å²) < 4.78 is -0.845. The van der Waals surface area contributed by atoms with Crippen molar-refractivity contribution in [2.45, 2.75) is 29.5 Å². The van der Waals surface area contributed by atoms with Crippen LogP contribution in [0.3, 0.4) is 0 Å². The molecule has 0 heterocycles. The Bertz CT molecular complexity index is 518. The van der Waals surface area contributed by atoms with Gasteiger partial charge >= 0.3 is 5.97 Å². The summed E-state index contributed by atoms with van der Waals surface area (Å²) in [6.45, 7) is 3.21. The Kier molecular flexibility index (Phi) is 3.90. The molecule has 0 radical (unpaired) electrons. The lowest BCUT2D eigenvalue weighted by atomic mass is 10.1. The molecule has 0 bridgehead atoms. The van der Waals surface area contributed by atoms with Crippen molar-refractivity contribution in [2.75, 3.05) is 0 Å². The maximum atomic E-state index is 11.0. The van der Waals surface area contributed by atoms with E-state index in [1.807, 2.05) is 0 Å². The van der Waals surface area contributed by atoms with Gasteiger partial charge in [-0.05, 0) is 24.6 Å². The maximum absolute atomic E-state index is 11.0. The number of hydrogen-bond acceptors (Lipinski definition) is 7. The van der Waals surface area contributed by atoms with E-state index >= 15 is 0 Å². The molecule has 0 saturated carbocycles. The summed E-state index contributed by atoms with van der Waals surface area (Å²) in [4.78, 5) is 32.5. The van der Waals surface area contributed by atoms with Gasteiger partial charge in [0.05, 0.1) is 0 Å². The van der Waals surface area contributed by atoms with E-state index in [0.29, 0.717) is 0 Å². The third-order valence-electron chi connectivity index (χ3n) is 2.20. The number of aromatic hydroxyl groups is 1. The largest absolute Gasteiger partial charge is 0.503 e. The summed E-state index contributed by atoms with van der Waals surface area (Å²) in [5.41, 5.74) is 3.81. The highest BCUT2D eigenvalue weighted by Crippen LogP contribution is 2.43. The van der Waals surface area contributed by atoms with Crippen LogP contribution in [0.5, 0.6) is 5.75 Å². The van der Waals surface area contributed by atoms with Crippen molar-refractivity contribution in [2.24, 2.45) is 5.73 Å². The van der Waals surface area contributed by atoms with Crippen LogP contribution in [-0.4, -0.2) is 27.0 Å². The molecule has 0 fully saturated rings. The fourth-order valence-corrected chi connectivity index (χ4v) is 3.45. The zero-order valence-corrected chi connectivity index (χ0v) is 10.7. The van der Waals surface area contributed by atoms with Crippen LogP contribution in [0.2, 0.25) is 0 Å². The Labute approximate surface area is 104 Å². The van der Waals surface area contributed by atoms with Crippen LogP contribution in [0, 0.1) is 0 Å². The molecule has 0 unspecified atom stereocenters. The van der Waals surface area contributed by atoms with Gasteiger partial charge in [-0.25, -0.2) is 0 Å². The van der Waals surface area contributed by atoms with E-state index in [9.17, 15) is 14.4 Å². The Morgan fingerprint density at radius 2 is 1.88 bits per heavy atom. The van der Waals surface area contributed by atoms with Gasteiger partial charge in [0, 0.05) is 4.75 Å². The Hall–Kier alpha value is -0.990. The fraction of sp³-hybridized carbons (Fsp3) is 0.444. The molecule has 0 amide bonds. The average molecular weight is 277 g/mol. The highest BCUT2D eigenvalue weighted by molar-refractivity contribution is 8.77. The second-order valence-electron chi connectivity index (χ2n) is 3.92. The van der Waals surface area contributed by atoms with Gasteiger partial charge in [-0.3, -0.25) is 14.4 Å². The van der Waals surface area contributed by atoms with E-state index in [1.165, 1.54) is 0 Å². The summed E-state index contributed by atoms with van der Waals surface area (Å²) in [6.07, 6.45) is 0. The quantitative estimate of drug-likeness (QED) is 0.505. The van der Waals surface area contributed by atoms with Crippen molar-refractivity contribution in [1.82, 2.24) is 0 Å². The first-order valence-corrected chi connectivity index (χ1v) is 6.70. The first-order chi connectivity index (χ1) is 7.68. The standard InChI is InChI=1S/C9H11NO5S2/c1-9(2,7(10)8(14)15)17-16-6-4(12)3(11)5(6)13/h7,12H,10H2,1-2H3,(H,14,15)/t7-/m0/s1. The monoisotopic (exact) mass is 277 g/mol.